The molecule has 0 unspecified atom stereocenters. The monoisotopic (exact) mass is 319 g/mol. The minimum atomic E-state index is -0.722. The second-order valence-electron chi connectivity index (χ2n) is 5.03. The summed E-state index contributed by atoms with van der Waals surface area (Å²) in [5.74, 6) is -1.09. The number of carbonyl (C=O) groups is 3. The molecule has 0 amide bonds. The first-order valence-electron chi connectivity index (χ1n) is 6.89. The van der Waals surface area contributed by atoms with Gasteiger partial charge in [-0.3, -0.25) is 4.79 Å². The number of aromatic amines is 1. The average molecular weight is 319 g/mol. The molecule has 0 spiro atoms. The molecule has 2 heterocycles. The molecule has 0 aliphatic heterocycles. The molecule has 0 saturated heterocycles. The van der Waals surface area contributed by atoms with Crippen LogP contribution in [0.3, 0.4) is 0 Å². The number of hydrogen-bond acceptors (Lipinski definition) is 6. The molecule has 2 aromatic heterocycles. The molecule has 122 valence electrons. The van der Waals surface area contributed by atoms with E-state index in [1.54, 1.807) is 26.8 Å². The van der Waals surface area contributed by atoms with Crippen LogP contribution in [0, 0.1) is 20.8 Å². The van der Waals surface area contributed by atoms with Gasteiger partial charge in [-0.2, -0.15) is 0 Å². The third kappa shape index (κ3) is 3.33. The van der Waals surface area contributed by atoms with E-state index in [2.05, 4.69) is 9.72 Å². The van der Waals surface area contributed by atoms with Crippen LogP contribution in [-0.4, -0.2) is 36.4 Å². The lowest BCUT2D eigenvalue weighted by Gasteiger charge is -2.03. The molecule has 0 radical (unpaired) electrons. The topological polar surface area (TPSA) is 98.6 Å². The summed E-state index contributed by atoms with van der Waals surface area (Å²) in [6.45, 7) is 4.52. The van der Waals surface area contributed by atoms with Gasteiger partial charge in [-0.25, -0.2) is 9.59 Å². The van der Waals surface area contributed by atoms with Crippen molar-refractivity contribution in [3.63, 3.8) is 0 Å². The van der Waals surface area contributed by atoms with Crippen molar-refractivity contribution in [1.82, 2.24) is 4.98 Å². The average Bonchev–Trinajstić information content (AvgIpc) is 3.07. The number of Topliss-reactive ketones (excluding diaryl/α,β-unsaturated/α-hetero) is 1. The Bertz CT molecular complexity index is 768. The van der Waals surface area contributed by atoms with Gasteiger partial charge >= 0.3 is 11.9 Å². The van der Waals surface area contributed by atoms with Gasteiger partial charge in [0.25, 0.3) is 0 Å². The van der Waals surface area contributed by atoms with Crippen molar-refractivity contribution in [2.75, 3.05) is 13.7 Å². The van der Waals surface area contributed by atoms with E-state index in [1.165, 1.54) is 13.2 Å². The van der Waals surface area contributed by atoms with E-state index < -0.39 is 24.3 Å². The van der Waals surface area contributed by atoms with Crippen LogP contribution < -0.4 is 0 Å². The minimum Gasteiger partial charge on any atom is -0.465 e. The Balaban J connectivity index is 2.10. The van der Waals surface area contributed by atoms with Crippen LogP contribution in [0.2, 0.25) is 0 Å². The van der Waals surface area contributed by atoms with E-state index in [0.717, 1.165) is 0 Å². The SMILES string of the molecule is COC(=O)c1c(C)[nH]c(C(=O)COC(=O)c2ccc(C)o2)c1C. The Morgan fingerprint density at radius 2 is 1.83 bits per heavy atom. The fourth-order valence-electron chi connectivity index (χ4n) is 2.26. The molecule has 7 heteroatoms. The van der Waals surface area contributed by atoms with Gasteiger partial charge in [0.1, 0.15) is 5.76 Å². The smallest absolute Gasteiger partial charge is 0.374 e. The highest BCUT2D eigenvalue weighted by Crippen LogP contribution is 2.19. The Labute approximate surface area is 132 Å². The molecule has 7 nitrogen and oxygen atoms in total. The first-order valence-corrected chi connectivity index (χ1v) is 6.89. The molecule has 0 aromatic carbocycles. The number of rotatable bonds is 5. The van der Waals surface area contributed by atoms with Gasteiger partial charge in [0.05, 0.1) is 18.4 Å². The number of ketones is 1. The summed E-state index contributed by atoms with van der Waals surface area (Å²) in [5, 5.41) is 0. The summed E-state index contributed by atoms with van der Waals surface area (Å²) in [5.41, 5.74) is 1.50. The number of carbonyl (C=O) groups excluding carboxylic acids is 3. The van der Waals surface area contributed by atoms with E-state index in [4.69, 9.17) is 9.15 Å². The maximum atomic E-state index is 12.2. The Morgan fingerprint density at radius 1 is 1.13 bits per heavy atom. The van der Waals surface area contributed by atoms with Crippen molar-refractivity contribution in [2.45, 2.75) is 20.8 Å². The maximum absolute atomic E-state index is 12.2. The molecule has 2 aromatic rings. The van der Waals surface area contributed by atoms with Crippen LogP contribution in [0.25, 0.3) is 0 Å². The Morgan fingerprint density at radius 3 is 2.39 bits per heavy atom. The van der Waals surface area contributed by atoms with E-state index >= 15 is 0 Å². The molecule has 1 N–H and O–H groups in total. The summed E-state index contributed by atoms with van der Waals surface area (Å²) < 4.78 is 14.7. The lowest BCUT2D eigenvalue weighted by atomic mass is 10.1. The highest BCUT2D eigenvalue weighted by atomic mass is 16.5. The Kier molecular flexibility index (Phi) is 4.68. The molecule has 0 aliphatic rings. The lowest BCUT2D eigenvalue weighted by molar-refractivity contribution is 0.0441. The summed E-state index contributed by atoms with van der Waals surface area (Å²) in [4.78, 5) is 38.5. The van der Waals surface area contributed by atoms with Crippen LogP contribution in [0.5, 0.6) is 0 Å². The molecule has 0 atom stereocenters. The third-order valence-corrected chi connectivity index (χ3v) is 3.38. The summed E-state index contributed by atoms with van der Waals surface area (Å²) >= 11 is 0. The number of H-pyrrole nitrogens is 1. The Hall–Kier alpha value is -2.83. The van der Waals surface area contributed by atoms with E-state index in [9.17, 15) is 14.4 Å². The van der Waals surface area contributed by atoms with Crippen LogP contribution in [0.1, 0.15) is 48.4 Å². The predicted octanol–water partition coefficient (Wildman–Crippen LogP) is 2.36. The predicted molar refractivity (Wildman–Crippen MR) is 79.7 cm³/mol. The van der Waals surface area contributed by atoms with Crippen molar-refractivity contribution in [3.05, 3.63) is 46.2 Å². The van der Waals surface area contributed by atoms with Gasteiger partial charge in [-0.05, 0) is 38.5 Å². The van der Waals surface area contributed by atoms with Crippen LogP contribution in [0.15, 0.2) is 16.5 Å². The second-order valence-corrected chi connectivity index (χ2v) is 5.03. The molecular weight excluding hydrogens is 302 g/mol. The highest BCUT2D eigenvalue weighted by molar-refractivity contribution is 6.02. The number of ether oxygens (including phenoxy) is 2. The minimum absolute atomic E-state index is 0.0324. The fraction of sp³-hybridized carbons (Fsp3) is 0.312. The molecular formula is C16H17NO6. The van der Waals surface area contributed by atoms with Gasteiger partial charge < -0.3 is 18.9 Å². The zero-order valence-corrected chi connectivity index (χ0v) is 13.3. The largest absolute Gasteiger partial charge is 0.465 e. The van der Waals surface area contributed by atoms with Gasteiger partial charge in [0.15, 0.2) is 6.61 Å². The van der Waals surface area contributed by atoms with Crippen LogP contribution in [-0.2, 0) is 9.47 Å². The molecule has 0 bridgehead atoms. The number of nitrogens with one attached hydrogen (secondary N) is 1. The van der Waals surface area contributed by atoms with E-state index in [0.29, 0.717) is 22.6 Å². The number of methoxy groups -OCH3 is 1. The van der Waals surface area contributed by atoms with Crippen molar-refractivity contribution in [2.24, 2.45) is 0 Å². The zero-order chi connectivity index (χ0) is 17.1. The number of hydrogen-bond donors (Lipinski definition) is 1. The summed E-state index contributed by atoms with van der Waals surface area (Å²) in [6.07, 6.45) is 0. The molecule has 23 heavy (non-hydrogen) atoms. The number of aromatic nitrogens is 1. The van der Waals surface area contributed by atoms with Crippen molar-refractivity contribution < 1.29 is 28.3 Å². The molecule has 2 rings (SSSR count). The number of esters is 2. The first kappa shape index (κ1) is 16.5. The third-order valence-electron chi connectivity index (χ3n) is 3.38. The van der Waals surface area contributed by atoms with Crippen molar-refractivity contribution in [1.29, 1.82) is 0 Å². The summed E-state index contributed by atoms with van der Waals surface area (Å²) in [7, 11) is 1.27. The number of furan rings is 1. The summed E-state index contributed by atoms with van der Waals surface area (Å²) in [6, 6.07) is 3.10. The maximum Gasteiger partial charge on any atom is 0.374 e. The normalized spacial score (nSPS) is 10.4. The van der Waals surface area contributed by atoms with E-state index in [-0.39, 0.29) is 11.5 Å². The van der Waals surface area contributed by atoms with Gasteiger partial charge in [-0.15, -0.1) is 0 Å². The van der Waals surface area contributed by atoms with Crippen LogP contribution >= 0.6 is 0 Å². The van der Waals surface area contributed by atoms with E-state index in [1.807, 2.05) is 0 Å². The number of aryl methyl sites for hydroxylation is 2. The first-order chi connectivity index (χ1) is 10.8. The molecule has 0 saturated carbocycles. The zero-order valence-electron chi connectivity index (χ0n) is 13.3. The highest BCUT2D eigenvalue weighted by Gasteiger charge is 2.23. The van der Waals surface area contributed by atoms with Gasteiger partial charge in [0.2, 0.25) is 11.5 Å². The molecule has 0 fully saturated rings. The van der Waals surface area contributed by atoms with Gasteiger partial charge in [-0.1, -0.05) is 0 Å². The van der Waals surface area contributed by atoms with Gasteiger partial charge in [0, 0.05) is 5.69 Å². The standard InChI is InChI=1S/C16H17NO6/c1-8-5-6-12(23-8)15(19)22-7-11(18)14-9(2)13(10(3)17-14)16(20)21-4/h5-6,17H,7H2,1-4H3. The van der Waals surface area contributed by atoms with Crippen LogP contribution in [0.4, 0.5) is 0 Å². The van der Waals surface area contributed by atoms with Crippen molar-refractivity contribution >= 4 is 17.7 Å². The fourth-order valence-corrected chi connectivity index (χ4v) is 2.26. The lowest BCUT2D eigenvalue weighted by Crippen LogP contribution is -2.15. The second kappa shape index (κ2) is 6.51. The molecule has 0 aliphatic carbocycles. The van der Waals surface area contributed by atoms with Crippen molar-refractivity contribution in [3.8, 4) is 0 Å². The quantitative estimate of drug-likeness (QED) is 0.671.